The van der Waals surface area contributed by atoms with Gasteiger partial charge in [0, 0.05) is 4.47 Å². The Morgan fingerprint density at radius 1 is 1.23 bits per heavy atom. The number of halogens is 2. The monoisotopic (exact) mass is 491 g/mol. The molecule has 0 radical (unpaired) electrons. The van der Waals surface area contributed by atoms with E-state index in [1.807, 2.05) is 49.0 Å². The van der Waals surface area contributed by atoms with Gasteiger partial charge in [-0.25, -0.2) is 4.39 Å². The average molecular weight is 492 g/mol. The molecule has 3 aromatic rings. The number of benzene rings is 2. The van der Waals surface area contributed by atoms with E-state index >= 15 is 0 Å². The highest BCUT2D eigenvalue weighted by Crippen LogP contribution is 2.25. The standard InChI is InChI=1S/C21H23BrFN5OS/c1-14(27(2)3)20-25-26-21(28(20)12-15-7-5-4-6-8-15)30-13-19(29)24-18-10-9-16(22)11-17(18)23/h4-11,14H,12-13H2,1-3H3,(H,24,29)/t14-/m0/s1. The fourth-order valence-electron chi connectivity index (χ4n) is 2.77. The van der Waals surface area contributed by atoms with Crippen LogP contribution >= 0.6 is 27.7 Å². The van der Waals surface area contributed by atoms with Crippen LogP contribution in [0.3, 0.4) is 0 Å². The number of nitrogens with zero attached hydrogens (tertiary/aromatic N) is 4. The van der Waals surface area contributed by atoms with Gasteiger partial charge in [0.05, 0.1) is 24.0 Å². The summed E-state index contributed by atoms with van der Waals surface area (Å²) in [6.45, 7) is 2.66. The molecule has 0 aliphatic rings. The van der Waals surface area contributed by atoms with Crippen molar-refractivity contribution < 1.29 is 9.18 Å². The number of hydrogen-bond donors (Lipinski definition) is 1. The quantitative estimate of drug-likeness (QED) is 0.467. The van der Waals surface area contributed by atoms with Crippen LogP contribution in [0, 0.1) is 5.82 Å². The SMILES string of the molecule is C[C@@H](c1nnc(SCC(=O)Nc2ccc(Br)cc2F)n1Cc1ccccc1)N(C)C. The Bertz CT molecular complexity index is 1010. The zero-order valence-electron chi connectivity index (χ0n) is 17.0. The Morgan fingerprint density at radius 3 is 2.63 bits per heavy atom. The number of nitrogens with one attached hydrogen (secondary N) is 1. The van der Waals surface area contributed by atoms with Gasteiger partial charge in [-0.3, -0.25) is 9.69 Å². The fourth-order valence-corrected chi connectivity index (χ4v) is 3.85. The van der Waals surface area contributed by atoms with Gasteiger partial charge in [0.25, 0.3) is 0 Å². The second-order valence-corrected chi connectivity index (χ2v) is 8.87. The van der Waals surface area contributed by atoms with Crippen molar-refractivity contribution in [2.75, 3.05) is 25.2 Å². The third kappa shape index (κ3) is 5.68. The van der Waals surface area contributed by atoms with Crippen LogP contribution in [-0.2, 0) is 11.3 Å². The first-order valence-corrected chi connectivity index (χ1v) is 11.1. The summed E-state index contributed by atoms with van der Waals surface area (Å²) in [5, 5.41) is 11.9. The van der Waals surface area contributed by atoms with Gasteiger partial charge in [-0.15, -0.1) is 10.2 Å². The summed E-state index contributed by atoms with van der Waals surface area (Å²) >= 11 is 4.48. The van der Waals surface area contributed by atoms with Crippen LogP contribution in [0.1, 0.15) is 24.4 Å². The van der Waals surface area contributed by atoms with Crippen LogP contribution in [-0.4, -0.2) is 45.4 Å². The Morgan fingerprint density at radius 2 is 1.97 bits per heavy atom. The molecule has 9 heteroatoms. The van der Waals surface area contributed by atoms with Crippen molar-refractivity contribution in [3.8, 4) is 0 Å². The Hall–Kier alpha value is -2.23. The number of amides is 1. The maximum absolute atomic E-state index is 14.0. The van der Waals surface area contributed by atoms with E-state index in [1.54, 1.807) is 6.07 Å². The minimum atomic E-state index is -0.489. The Labute approximate surface area is 188 Å². The molecule has 0 aliphatic heterocycles. The lowest BCUT2D eigenvalue weighted by Gasteiger charge is -2.20. The summed E-state index contributed by atoms with van der Waals surface area (Å²) in [4.78, 5) is 14.4. The summed E-state index contributed by atoms with van der Waals surface area (Å²) in [6, 6.07) is 14.6. The average Bonchev–Trinajstić information content (AvgIpc) is 3.11. The van der Waals surface area contributed by atoms with Crippen LogP contribution in [0.15, 0.2) is 58.2 Å². The van der Waals surface area contributed by atoms with Gasteiger partial charge in [0.2, 0.25) is 5.91 Å². The molecule has 0 saturated carbocycles. The molecule has 0 bridgehead atoms. The van der Waals surface area contributed by atoms with E-state index in [0.29, 0.717) is 16.2 Å². The van der Waals surface area contributed by atoms with Crippen molar-refractivity contribution in [3.63, 3.8) is 0 Å². The Balaban J connectivity index is 1.75. The van der Waals surface area contributed by atoms with Crippen LogP contribution in [0.2, 0.25) is 0 Å². The molecule has 2 aromatic carbocycles. The van der Waals surface area contributed by atoms with Crippen molar-refractivity contribution >= 4 is 39.3 Å². The molecular weight excluding hydrogens is 469 g/mol. The molecule has 30 heavy (non-hydrogen) atoms. The van der Waals surface area contributed by atoms with Gasteiger partial charge in [-0.2, -0.15) is 0 Å². The van der Waals surface area contributed by atoms with Gasteiger partial charge >= 0.3 is 0 Å². The van der Waals surface area contributed by atoms with Crippen LogP contribution < -0.4 is 5.32 Å². The highest BCUT2D eigenvalue weighted by Gasteiger charge is 2.20. The molecule has 0 spiro atoms. The van der Waals surface area contributed by atoms with E-state index in [1.165, 1.54) is 23.9 Å². The van der Waals surface area contributed by atoms with Crippen LogP contribution in [0.5, 0.6) is 0 Å². The number of anilines is 1. The number of rotatable bonds is 8. The summed E-state index contributed by atoms with van der Waals surface area (Å²) in [5.74, 6) is 0.124. The molecule has 0 aliphatic carbocycles. The van der Waals surface area contributed by atoms with Crippen LogP contribution in [0.4, 0.5) is 10.1 Å². The Kier molecular flexibility index (Phi) is 7.63. The molecule has 0 unspecified atom stereocenters. The fraction of sp³-hybridized carbons (Fsp3) is 0.286. The van der Waals surface area contributed by atoms with Gasteiger partial charge in [0.15, 0.2) is 11.0 Å². The molecule has 6 nitrogen and oxygen atoms in total. The number of aromatic nitrogens is 3. The van der Waals surface area contributed by atoms with Gasteiger partial charge < -0.3 is 9.88 Å². The van der Waals surface area contributed by atoms with E-state index in [4.69, 9.17) is 0 Å². The summed E-state index contributed by atoms with van der Waals surface area (Å²) in [5.41, 5.74) is 1.27. The molecule has 0 fully saturated rings. The topological polar surface area (TPSA) is 63.1 Å². The van der Waals surface area contributed by atoms with E-state index in [0.717, 1.165) is 11.4 Å². The largest absolute Gasteiger partial charge is 0.323 e. The molecule has 0 saturated heterocycles. The summed E-state index contributed by atoms with van der Waals surface area (Å²) in [6.07, 6.45) is 0. The molecule has 1 amide bonds. The maximum Gasteiger partial charge on any atom is 0.234 e. The van der Waals surface area contributed by atoms with Crippen molar-refractivity contribution in [3.05, 3.63) is 70.2 Å². The van der Waals surface area contributed by atoms with Gasteiger partial charge in [-0.1, -0.05) is 58.0 Å². The summed E-state index contributed by atoms with van der Waals surface area (Å²) < 4.78 is 16.6. The normalized spacial score (nSPS) is 12.2. The van der Waals surface area contributed by atoms with E-state index in [-0.39, 0.29) is 23.4 Å². The predicted octanol–water partition coefficient (Wildman–Crippen LogP) is 4.58. The number of carbonyl (C=O) groups is 1. The number of hydrogen-bond acceptors (Lipinski definition) is 5. The molecule has 158 valence electrons. The lowest BCUT2D eigenvalue weighted by molar-refractivity contribution is -0.113. The first-order valence-electron chi connectivity index (χ1n) is 9.36. The molecule has 3 rings (SSSR count). The van der Waals surface area contributed by atoms with Crippen molar-refractivity contribution in [2.24, 2.45) is 0 Å². The molecule has 1 aromatic heterocycles. The zero-order valence-corrected chi connectivity index (χ0v) is 19.4. The minimum absolute atomic E-state index is 0.0567. The smallest absolute Gasteiger partial charge is 0.234 e. The van der Waals surface area contributed by atoms with Gasteiger partial charge in [0.1, 0.15) is 5.82 Å². The van der Waals surface area contributed by atoms with E-state index in [2.05, 4.69) is 43.3 Å². The van der Waals surface area contributed by atoms with Crippen molar-refractivity contribution in [1.29, 1.82) is 0 Å². The molecule has 1 heterocycles. The lowest BCUT2D eigenvalue weighted by Crippen LogP contribution is -2.21. The van der Waals surface area contributed by atoms with E-state index in [9.17, 15) is 9.18 Å². The molecule has 1 N–H and O–H groups in total. The van der Waals surface area contributed by atoms with Crippen molar-refractivity contribution in [2.45, 2.75) is 24.7 Å². The first kappa shape index (κ1) is 22.5. The minimum Gasteiger partial charge on any atom is -0.323 e. The van der Waals surface area contributed by atoms with Gasteiger partial charge in [-0.05, 0) is 44.8 Å². The van der Waals surface area contributed by atoms with E-state index < -0.39 is 5.82 Å². The third-order valence-corrected chi connectivity index (χ3v) is 6.07. The lowest BCUT2D eigenvalue weighted by atomic mass is 10.2. The van der Waals surface area contributed by atoms with Crippen LogP contribution in [0.25, 0.3) is 0 Å². The highest BCUT2D eigenvalue weighted by molar-refractivity contribution is 9.10. The maximum atomic E-state index is 14.0. The first-order chi connectivity index (χ1) is 14.3. The third-order valence-electron chi connectivity index (χ3n) is 4.61. The predicted molar refractivity (Wildman–Crippen MR) is 121 cm³/mol. The number of thioether (sulfide) groups is 1. The second-order valence-electron chi connectivity index (χ2n) is 7.01. The molecular formula is C21H23BrFN5OS. The number of carbonyl (C=O) groups excluding carboxylic acids is 1. The zero-order chi connectivity index (χ0) is 21.7. The van der Waals surface area contributed by atoms with Crippen molar-refractivity contribution in [1.82, 2.24) is 19.7 Å². The molecule has 1 atom stereocenters. The highest BCUT2D eigenvalue weighted by atomic mass is 79.9. The second kappa shape index (κ2) is 10.2. The summed E-state index contributed by atoms with van der Waals surface area (Å²) in [7, 11) is 3.97.